The van der Waals surface area contributed by atoms with E-state index in [1.165, 1.54) is 10.8 Å². The molecule has 2 aromatic carbocycles. The first kappa shape index (κ1) is 22.5. The molecule has 2 aromatic rings. The molecule has 6 heteroatoms. The van der Waals surface area contributed by atoms with Crippen LogP contribution in [0.25, 0.3) is 10.8 Å². The Hall–Kier alpha value is -1.82. The number of nitrogens with zero attached hydrogens (tertiary/aromatic N) is 2. The second kappa shape index (κ2) is 11.2. The van der Waals surface area contributed by atoms with Gasteiger partial charge in [-0.05, 0) is 61.8 Å². The summed E-state index contributed by atoms with van der Waals surface area (Å²) >= 11 is 0. The topological polar surface area (TPSA) is 53.0 Å². The van der Waals surface area contributed by atoms with Crippen molar-refractivity contribution >= 4 is 29.1 Å². The van der Waals surface area contributed by atoms with E-state index >= 15 is 0 Å². The Balaban J connectivity index is 0.00000280. The molecular formula is C22H31ClN2O3. The van der Waals surface area contributed by atoms with Crippen molar-refractivity contribution in [3.05, 3.63) is 42.5 Å². The first-order chi connectivity index (χ1) is 13.2. The molecule has 0 atom stereocenters. The van der Waals surface area contributed by atoms with Crippen molar-refractivity contribution < 1.29 is 14.6 Å². The smallest absolute Gasteiger partial charge is 0.317 e. The minimum absolute atomic E-state index is 0. The highest BCUT2D eigenvalue weighted by Crippen LogP contribution is 2.21. The molecule has 0 aromatic heterocycles. The number of halogens is 1. The molecule has 0 amide bonds. The first-order valence-corrected chi connectivity index (χ1v) is 9.95. The minimum atomic E-state index is -0.731. The summed E-state index contributed by atoms with van der Waals surface area (Å²) in [5, 5.41) is 11.5. The molecule has 1 saturated heterocycles. The maximum absolute atomic E-state index is 11.0. The molecule has 0 unspecified atom stereocenters. The second-order valence-electron chi connectivity index (χ2n) is 7.24. The molecule has 0 bridgehead atoms. The summed E-state index contributed by atoms with van der Waals surface area (Å²) in [7, 11) is 0. The number of carboxylic acids is 1. The number of rotatable bonds is 9. The fraction of sp³-hybridized carbons (Fsp3) is 0.500. The summed E-state index contributed by atoms with van der Waals surface area (Å²) in [4.78, 5) is 15.5. The fourth-order valence-corrected chi connectivity index (χ4v) is 3.92. The van der Waals surface area contributed by atoms with Crippen LogP contribution in [0.3, 0.4) is 0 Å². The van der Waals surface area contributed by atoms with Crippen molar-refractivity contribution in [3.8, 4) is 5.75 Å². The van der Waals surface area contributed by atoms with Gasteiger partial charge in [0, 0.05) is 12.6 Å². The largest absolute Gasteiger partial charge is 0.494 e. The van der Waals surface area contributed by atoms with Crippen molar-refractivity contribution in [1.29, 1.82) is 0 Å². The lowest BCUT2D eigenvalue weighted by atomic mass is 10.0. The van der Waals surface area contributed by atoms with Crippen LogP contribution in [0.5, 0.6) is 5.75 Å². The molecule has 5 nitrogen and oxygen atoms in total. The van der Waals surface area contributed by atoms with Crippen molar-refractivity contribution in [2.24, 2.45) is 0 Å². The van der Waals surface area contributed by atoms with Crippen LogP contribution in [-0.4, -0.2) is 66.2 Å². The number of aliphatic carboxylic acids is 1. The summed E-state index contributed by atoms with van der Waals surface area (Å²) in [5.41, 5.74) is 0. The highest BCUT2D eigenvalue weighted by molar-refractivity contribution is 5.85. The van der Waals surface area contributed by atoms with E-state index in [4.69, 9.17) is 9.84 Å². The van der Waals surface area contributed by atoms with Gasteiger partial charge in [-0.3, -0.25) is 9.69 Å². The van der Waals surface area contributed by atoms with Gasteiger partial charge in [-0.2, -0.15) is 0 Å². The van der Waals surface area contributed by atoms with Crippen LogP contribution in [0.15, 0.2) is 42.5 Å². The monoisotopic (exact) mass is 406 g/mol. The van der Waals surface area contributed by atoms with Gasteiger partial charge in [-0.1, -0.05) is 37.3 Å². The number of carboxylic acid groups (broad SMARTS) is 1. The van der Waals surface area contributed by atoms with Crippen LogP contribution in [0.1, 0.15) is 26.2 Å². The summed E-state index contributed by atoms with van der Waals surface area (Å²) in [6, 6.07) is 15.0. The van der Waals surface area contributed by atoms with Crippen LogP contribution < -0.4 is 4.74 Å². The Kier molecular flexibility index (Phi) is 9.03. The molecule has 1 aliphatic heterocycles. The molecule has 154 valence electrons. The third-order valence-electron chi connectivity index (χ3n) is 5.43. The van der Waals surface area contributed by atoms with Crippen LogP contribution in [0.4, 0.5) is 0 Å². The molecule has 1 N–H and O–H groups in total. The molecule has 1 fully saturated rings. The maximum atomic E-state index is 11.0. The number of likely N-dealkylation sites (tertiary alicyclic amines) is 1. The highest BCUT2D eigenvalue weighted by atomic mass is 35.5. The Morgan fingerprint density at radius 1 is 1.18 bits per heavy atom. The van der Waals surface area contributed by atoms with Gasteiger partial charge in [0.2, 0.25) is 0 Å². The maximum Gasteiger partial charge on any atom is 0.317 e. The van der Waals surface area contributed by atoms with Crippen molar-refractivity contribution in [2.45, 2.75) is 32.2 Å². The number of carbonyl (C=O) groups is 1. The molecule has 0 radical (unpaired) electrons. The average molecular weight is 407 g/mol. The molecule has 0 spiro atoms. The number of hydrogen-bond donors (Lipinski definition) is 1. The van der Waals surface area contributed by atoms with E-state index in [0.29, 0.717) is 6.04 Å². The number of fused-ring (bicyclic) bond motifs is 1. The Morgan fingerprint density at radius 2 is 1.89 bits per heavy atom. The van der Waals surface area contributed by atoms with Gasteiger partial charge in [0.1, 0.15) is 5.75 Å². The van der Waals surface area contributed by atoms with E-state index in [9.17, 15) is 4.79 Å². The molecule has 1 aliphatic rings. The predicted molar refractivity (Wildman–Crippen MR) is 116 cm³/mol. The lowest BCUT2D eigenvalue weighted by Gasteiger charge is -2.37. The summed E-state index contributed by atoms with van der Waals surface area (Å²) in [6.45, 7) is 6.83. The lowest BCUT2D eigenvalue weighted by molar-refractivity contribution is -0.139. The molecular weight excluding hydrogens is 376 g/mol. The average Bonchev–Trinajstić information content (AvgIpc) is 2.69. The van der Waals surface area contributed by atoms with Gasteiger partial charge in [0.15, 0.2) is 0 Å². The van der Waals surface area contributed by atoms with Gasteiger partial charge in [0.25, 0.3) is 0 Å². The zero-order valence-electron chi connectivity index (χ0n) is 16.5. The van der Waals surface area contributed by atoms with E-state index < -0.39 is 5.97 Å². The first-order valence-electron chi connectivity index (χ1n) is 9.95. The number of likely N-dealkylation sites (N-methyl/N-ethyl adjacent to an activating group) is 1. The van der Waals surface area contributed by atoms with Gasteiger partial charge in [0.05, 0.1) is 13.2 Å². The van der Waals surface area contributed by atoms with Gasteiger partial charge >= 0.3 is 5.97 Å². The van der Waals surface area contributed by atoms with Gasteiger partial charge in [-0.25, -0.2) is 0 Å². The number of benzene rings is 2. The SMILES string of the molecule is CCN(CC(=O)O)C1CCN(CCCOc2ccc3ccccc3c2)CC1.Cl. The summed E-state index contributed by atoms with van der Waals surface area (Å²) < 4.78 is 5.93. The van der Waals surface area contributed by atoms with Crippen LogP contribution in [0, 0.1) is 0 Å². The predicted octanol–water partition coefficient (Wildman–Crippen LogP) is 3.90. The Bertz CT molecular complexity index is 747. The fourth-order valence-electron chi connectivity index (χ4n) is 3.92. The van der Waals surface area contributed by atoms with Crippen LogP contribution >= 0.6 is 12.4 Å². The normalized spacial score (nSPS) is 15.5. The van der Waals surface area contributed by atoms with Crippen LogP contribution in [0.2, 0.25) is 0 Å². The van der Waals surface area contributed by atoms with E-state index in [-0.39, 0.29) is 19.0 Å². The molecule has 1 heterocycles. The zero-order valence-corrected chi connectivity index (χ0v) is 17.4. The van der Waals surface area contributed by atoms with Gasteiger partial charge < -0.3 is 14.7 Å². The third kappa shape index (κ3) is 6.36. The van der Waals surface area contributed by atoms with Gasteiger partial charge in [-0.15, -0.1) is 12.4 Å². The van der Waals surface area contributed by atoms with Crippen molar-refractivity contribution in [3.63, 3.8) is 0 Å². The Labute approximate surface area is 173 Å². The second-order valence-corrected chi connectivity index (χ2v) is 7.24. The lowest BCUT2D eigenvalue weighted by Crippen LogP contribution is -2.46. The number of piperidine rings is 1. The standard InChI is InChI=1S/C22H30N2O3.ClH/c1-2-24(17-22(25)26)20-10-13-23(14-11-20)12-5-15-27-21-9-8-18-6-3-4-7-19(18)16-21;/h3-4,6-9,16,20H,2,5,10-15,17H2,1H3,(H,25,26);1H. The molecule has 0 saturated carbocycles. The minimum Gasteiger partial charge on any atom is -0.494 e. The zero-order chi connectivity index (χ0) is 19.1. The Morgan fingerprint density at radius 3 is 2.57 bits per heavy atom. The summed E-state index contributed by atoms with van der Waals surface area (Å²) in [6.07, 6.45) is 3.10. The van der Waals surface area contributed by atoms with Crippen molar-refractivity contribution in [2.75, 3.05) is 39.3 Å². The van der Waals surface area contributed by atoms with Crippen LogP contribution in [-0.2, 0) is 4.79 Å². The third-order valence-corrected chi connectivity index (χ3v) is 5.43. The highest BCUT2D eigenvalue weighted by Gasteiger charge is 2.24. The summed E-state index contributed by atoms with van der Waals surface area (Å²) in [5.74, 6) is 0.199. The molecule has 3 rings (SSSR count). The molecule has 28 heavy (non-hydrogen) atoms. The van der Waals surface area contributed by atoms with E-state index in [0.717, 1.165) is 57.8 Å². The van der Waals surface area contributed by atoms with E-state index in [2.05, 4.69) is 34.1 Å². The van der Waals surface area contributed by atoms with Crippen molar-refractivity contribution in [1.82, 2.24) is 9.80 Å². The molecule has 0 aliphatic carbocycles. The van der Waals surface area contributed by atoms with E-state index in [1.807, 2.05) is 25.1 Å². The quantitative estimate of drug-likeness (QED) is 0.640. The number of ether oxygens (including phenoxy) is 1. The number of hydrogen-bond acceptors (Lipinski definition) is 4. The van der Waals surface area contributed by atoms with E-state index in [1.54, 1.807) is 0 Å².